The molecule has 0 amide bonds. The minimum absolute atomic E-state index is 0.496. The van der Waals surface area contributed by atoms with Gasteiger partial charge in [-0.1, -0.05) is 29.8 Å². The van der Waals surface area contributed by atoms with E-state index in [4.69, 9.17) is 16.7 Å². The molecule has 2 N–H and O–H groups in total. The van der Waals surface area contributed by atoms with Crippen LogP contribution in [0.5, 0.6) is 0 Å². The van der Waals surface area contributed by atoms with Crippen LogP contribution in [-0.2, 0) is 4.79 Å². The molecule has 0 fully saturated rings. The van der Waals surface area contributed by atoms with Gasteiger partial charge in [-0.3, -0.25) is 5.43 Å². The van der Waals surface area contributed by atoms with E-state index < -0.39 is 11.1 Å². The Hall–Kier alpha value is -1.55. The number of halogens is 1. The maximum Gasteiger partial charge on any atom is 0.368 e. The van der Waals surface area contributed by atoms with E-state index in [9.17, 15) is 4.79 Å². The number of benzene rings is 1. The van der Waals surface area contributed by atoms with Gasteiger partial charge in [-0.2, -0.15) is 5.10 Å². The lowest BCUT2D eigenvalue weighted by Crippen LogP contribution is -2.07. The van der Waals surface area contributed by atoms with Crippen molar-refractivity contribution in [3.63, 3.8) is 0 Å². The highest BCUT2D eigenvalue weighted by atomic mass is 35.5. The first-order valence-corrected chi connectivity index (χ1v) is 3.85. The van der Waals surface area contributed by atoms with Crippen LogP contribution in [-0.4, -0.2) is 16.2 Å². The summed E-state index contributed by atoms with van der Waals surface area (Å²) < 4.78 is 0. The molecule has 5 heteroatoms. The van der Waals surface area contributed by atoms with E-state index in [0.717, 1.165) is 0 Å². The summed E-state index contributed by atoms with van der Waals surface area (Å²) in [5, 5.41) is 11.3. The Bertz CT molecular complexity index is 324. The van der Waals surface area contributed by atoms with Gasteiger partial charge in [0.25, 0.3) is 0 Å². The van der Waals surface area contributed by atoms with Gasteiger partial charge in [0.2, 0.25) is 5.17 Å². The molecule has 68 valence electrons. The minimum atomic E-state index is -1.26. The van der Waals surface area contributed by atoms with Crippen LogP contribution >= 0.6 is 11.6 Å². The molecule has 0 saturated carbocycles. The lowest BCUT2D eigenvalue weighted by molar-refractivity contribution is -0.129. The summed E-state index contributed by atoms with van der Waals surface area (Å²) in [5.74, 6) is -1.26. The number of hydrogen-bond donors (Lipinski definition) is 2. The Labute approximate surface area is 79.8 Å². The summed E-state index contributed by atoms with van der Waals surface area (Å²) in [6.45, 7) is 0. The fourth-order valence-electron chi connectivity index (χ4n) is 0.674. The lowest BCUT2D eigenvalue weighted by Gasteiger charge is -1.97. The number of carboxylic acid groups (broad SMARTS) is 1. The van der Waals surface area contributed by atoms with Crippen molar-refractivity contribution in [2.24, 2.45) is 5.10 Å². The molecule has 0 radical (unpaired) electrons. The molecule has 0 aliphatic heterocycles. The van der Waals surface area contributed by atoms with Gasteiger partial charge in [0, 0.05) is 0 Å². The highest BCUT2D eigenvalue weighted by molar-refractivity contribution is 6.81. The third-order valence-corrected chi connectivity index (χ3v) is 1.48. The SMILES string of the molecule is O=C(O)C(Cl)=NNc1ccccc1. The standard InChI is InChI=1S/C8H7ClN2O2/c9-7(8(12)13)11-10-6-4-2-1-3-5-6/h1-5,10H,(H,12,13). The highest BCUT2D eigenvalue weighted by Gasteiger charge is 2.03. The van der Waals surface area contributed by atoms with E-state index >= 15 is 0 Å². The largest absolute Gasteiger partial charge is 0.476 e. The second-order valence-corrected chi connectivity index (χ2v) is 2.54. The zero-order valence-corrected chi connectivity index (χ0v) is 7.32. The molecule has 1 aromatic rings. The first kappa shape index (κ1) is 9.54. The van der Waals surface area contributed by atoms with E-state index in [2.05, 4.69) is 10.5 Å². The molecule has 0 saturated heterocycles. The first-order valence-electron chi connectivity index (χ1n) is 3.47. The normalized spacial score (nSPS) is 11.0. The predicted molar refractivity (Wildman–Crippen MR) is 51.0 cm³/mol. The van der Waals surface area contributed by atoms with E-state index in [0.29, 0.717) is 5.69 Å². The third-order valence-electron chi connectivity index (χ3n) is 1.23. The topological polar surface area (TPSA) is 61.7 Å². The van der Waals surface area contributed by atoms with Crippen LogP contribution in [0.15, 0.2) is 35.4 Å². The average Bonchev–Trinajstić information content (AvgIpc) is 2.15. The van der Waals surface area contributed by atoms with Gasteiger partial charge in [-0.25, -0.2) is 4.79 Å². The molecule has 1 aromatic carbocycles. The van der Waals surface area contributed by atoms with Gasteiger partial charge in [0.05, 0.1) is 5.69 Å². The van der Waals surface area contributed by atoms with Gasteiger partial charge in [-0.15, -0.1) is 0 Å². The number of nitrogens with one attached hydrogen (secondary N) is 1. The monoisotopic (exact) mass is 198 g/mol. The van der Waals surface area contributed by atoms with Gasteiger partial charge in [0.15, 0.2) is 0 Å². The predicted octanol–water partition coefficient (Wildman–Crippen LogP) is 1.74. The number of anilines is 1. The molecule has 0 heterocycles. The van der Waals surface area contributed by atoms with Crippen molar-refractivity contribution in [3.8, 4) is 0 Å². The van der Waals surface area contributed by atoms with Crippen LogP contribution in [0.2, 0.25) is 0 Å². The number of carboxylic acids is 1. The number of hydrazone groups is 1. The van der Waals surface area contributed by atoms with Gasteiger partial charge < -0.3 is 5.11 Å². The summed E-state index contributed by atoms with van der Waals surface area (Å²) >= 11 is 5.25. The Morgan fingerprint density at radius 3 is 2.54 bits per heavy atom. The van der Waals surface area contributed by atoms with E-state index in [-0.39, 0.29) is 0 Å². The van der Waals surface area contributed by atoms with Crippen molar-refractivity contribution in [2.75, 3.05) is 5.43 Å². The number of nitrogens with zero attached hydrogens (tertiary/aromatic N) is 1. The van der Waals surface area contributed by atoms with Crippen LogP contribution < -0.4 is 5.43 Å². The zero-order valence-electron chi connectivity index (χ0n) is 6.57. The third kappa shape index (κ3) is 3.13. The molecule has 0 aromatic heterocycles. The maximum atomic E-state index is 10.2. The van der Waals surface area contributed by atoms with Crippen molar-refractivity contribution in [2.45, 2.75) is 0 Å². The number of rotatable bonds is 3. The molecule has 0 aliphatic rings. The maximum absolute atomic E-state index is 10.2. The number of carbonyl (C=O) groups is 1. The highest BCUT2D eigenvalue weighted by Crippen LogP contribution is 2.04. The Morgan fingerprint density at radius 2 is 2.00 bits per heavy atom. The summed E-state index contributed by atoms with van der Waals surface area (Å²) in [5.41, 5.74) is 3.18. The first-order chi connectivity index (χ1) is 6.20. The summed E-state index contributed by atoms with van der Waals surface area (Å²) in [6.07, 6.45) is 0. The Kier molecular flexibility index (Phi) is 3.28. The van der Waals surface area contributed by atoms with E-state index in [1.807, 2.05) is 6.07 Å². The smallest absolute Gasteiger partial charge is 0.368 e. The van der Waals surface area contributed by atoms with Crippen molar-refractivity contribution >= 4 is 28.4 Å². The van der Waals surface area contributed by atoms with Gasteiger partial charge in [0.1, 0.15) is 0 Å². The second kappa shape index (κ2) is 4.47. The van der Waals surface area contributed by atoms with Crippen molar-refractivity contribution < 1.29 is 9.90 Å². The van der Waals surface area contributed by atoms with Crippen molar-refractivity contribution in [3.05, 3.63) is 30.3 Å². The molecule has 0 bridgehead atoms. The fraction of sp³-hybridized carbons (Fsp3) is 0. The van der Waals surface area contributed by atoms with E-state index in [1.165, 1.54) is 0 Å². The van der Waals surface area contributed by atoms with Crippen LogP contribution in [0.4, 0.5) is 5.69 Å². The van der Waals surface area contributed by atoms with Crippen molar-refractivity contribution in [1.29, 1.82) is 0 Å². The van der Waals surface area contributed by atoms with Gasteiger partial charge in [-0.05, 0) is 12.1 Å². The average molecular weight is 199 g/mol. The van der Waals surface area contributed by atoms with Crippen LogP contribution in [0.1, 0.15) is 0 Å². The Morgan fingerprint density at radius 1 is 1.38 bits per heavy atom. The fourth-order valence-corrected chi connectivity index (χ4v) is 0.716. The quantitative estimate of drug-likeness (QED) is 0.575. The minimum Gasteiger partial charge on any atom is -0.476 e. The molecular weight excluding hydrogens is 192 g/mol. The van der Waals surface area contributed by atoms with Crippen LogP contribution in [0.25, 0.3) is 0 Å². The molecule has 13 heavy (non-hydrogen) atoms. The number of hydrogen-bond acceptors (Lipinski definition) is 3. The molecule has 0 unspecified atom stereocenters. The van der Waals surface area contributed by atoms with Gasteiger partial charge >= 0.3 is 5.97 Å². The van der Waals surface area contributed by atoms with Crippen molar-refractivity contribution in [1.82, 2.24) is 0 Å². The molecule has 0 aliphatic carbocycles. The number of aliphatic carboxylic acids is 1. The van der Waals surface area contributed by atoms with Crippen LogP contribution in [0, 0.1) is 0 Å². The second-order valence-electron chi connectivity index (χ2n) is 2.19. The molecular formula is C8H7ClN2O2. The molecule has 4 nitrogen and oxygen atoms in total. The lowest BCUT2D eigenvalue weighted by atomic mass is 10.3. The molecule has 1 rings (SSSR count). The Balaban J connectivity index is 2.62. The molecule has 0 atom stereocenters. The molecule has 0 spiro atoms. The summed E-state index contributed by atoms with van der Waals surface area (Å²) in [7, 11) is 0. The van der Waals surface area contributed by atoms with E-state index in [1.54, 1.807) is 24.3 Å². The summed E-state index contributed by atoms with van der Waals surface area (Å²) in [4.78, 5) is 10.2. The summed E-state index contributed by atoms with van der Waals surface area (Å²) in [6, 6.07) is 8.93. The van der Waals surface area contributed by atoms with Crippen LogP contribution in [0.3, 0.4) is 0 Å². The zero-order chi connectivity index (χ0) is 9.68. The number of para-hydroxylation sites is 1.